The molecule has 0 bridgehead atoms. The smallest absolute Gasteiger partial charge is 0.258 e. The van der Waals surface area contributed by atoms with E-state index in [1.807, 2.05) is 0 Å². The van der Waals surface area contributed by atoms with Gasteiger partial charge in [-0.25, -0.2) is 4.39 Å². The molecule has 0 saturated heterocycles. The Morgan fingerprint density at radius 2 is 2.00 bits per heavy atom. The zero-order valence-electron chi connectivity index (χ0n) is 11.2. The third kappa shape index (κ3) is 3.35. The van der Waals surface area contributed by atoms with E-state index in [9.17, 15) is 9.18 Å². The van der Waals surface area contributed by atoms with Gasteiger partial charge in [-0.3, -0.25) is 4.79 Å². The maximum Gasteiger partial charge on any atom is 0.258 e. The van der Waals surface area contributed by atoms with E-state index in [0.29, 0.717) is 11.3 Å². The van der Waals surface area contributed by atoms with Crippen LogP contribution in [0.25, 0.3) is 0 Å². The monoisotopic (exact) mass is 304 g/mol. The van der Waals surface area contributed by atoms with Crippen molar-refractivity contribution in [2.24, 2.45) is 5.73 Å². The molecule has 0 aliphatic carbocycles. The average Bonchev–Trinajstić information content (AvgIpc) is 2.40. The Hall–Kier alpha value is -2.47. The van der Waals surface area contributed by atoms with Gasteiger partial charge in [0, 0.05) is 17.3 Å². The molecule has 4 nitrogen and oxygen atoms in total. The number of nitrogens with two attached hydrogens (primary N) is 1. The Balaban J connectivity index is 2.31. The zero-order chi connectivity index (χ0) is 15.6. The highest BCUT2D eigenvalue weighted by Gasteiger charge is 2.14. The Morgan fingerprint density at radius 3 is 2.62 bits per heavy atom. The number of phenolic OH excluding ortho intramolecular Hbond substituents is 1. The molecule has 1 amide bonds. The normalized spacial score (nSPS) is 10.2. The molecule has 0 fully saturated rings. The SMILES string of the molecule is Cc1ccc(C(N)=S)cc1NC(=O)c1ccc(O)cc1F. The zero-order valence-corrected chi connectivity index (χ0v) is 12.0. The number of carbonyl (C=O) groups is 1. The van der Waals surface area contributed by atoms with Gasteiger partial charge in [0.1, 0.15) is 16.6 Å². The fourth-order valence-electron chi connectivity index (χ4n) is 1.79. The summed E-state index contributed by atoms with van der Waals surface area (Å²) >= 11 is 4.88. The number of carbonyl (C=O) groups excluding carboxylic acids is 1. The summed E-state index contributed by atoms with van der Waals surface area (Å²) in [5.74, 6) is -1.65. The van der Waals surface area contributed by atoms with E-state index in [1.165, 1.54) is 12.1 Å². The molecule has 0 aliphatic rings. The van der Waals surface area contributed by atoms with Crippen LogP contribution in [0.1, 0.15) is 21.5 Å². The minimum Gasteiger partial charge on any atom is -0.508 e. The van der Waals surface area contributed by atoms with E-state index in [2.05, 4.69) is 5.32 Å². The largest absolute Gasteiger partial charge is 0.508 e. The van der Waals surface area contributed by atoms with Crippen LogP contribution in [0.15, 0.2) is 36.4 Å². The van der Waals surface area contributed by atoms with Crippen molar-refractivity contribution >= 4 is 28.8 Å². The Morgan fingerprint density at radius 1 is 1.29 bits per heavy atom. The summed E-state index contributed by atoms with van der Waals surface area (Å²) in [4.78, 5) is 12.3. The van der Waals surface area contributed by atoms with E-state index < -0.39 is 11.7 Å². The summed E-state index contributed by atoms with van der Waals surface area (Å²) in [6.45, 7) is 1.80. The van der Waals surface area contributed by atoms with Crippen LogP contribution >= 0.6 is 12.2 Å². The Labute approximate surface area is 126 Å². The van der Waals surface area contributed by atoms with E-state index in [4.69, 9.17) is 23.1 Å². The van der Waals surface area contributed by atoms with Crippen molar-refractivity contribution in [3.8, 4) is 5.75 Å². The third-order valence-electron chi connectivity index (χ3n) is 2.97. The molecule has 21 heavy (non-hydrogen) atoms. The number of phenols is 1. The van der Waals surface area contributed by atoms with Crippen LogP contribution < -0.4 is 11.1 Å². The first kappa shape index (κ1) is 14.9. The summed E-state index contributed by atoms with van der Waals surface area (Å²) in [6, 6.07) is 8.48. The lowest BCUT2D eigenvalue weighted by Gasteiger charge is -2.11. The predicted molar refractivity (Wildman–Crippen MR) is 83.1 cm³/mol. The van der Waals surface area contributed by atoms with Gasteiger partial charge in [-0.2, -0.15) is 0 Å². The summed E-state index contributed by atoms with van der Waals surface area (Å²) < 4.78 is 13.7. The summed E-state index contributed by atoms with van der Waals surface area (Å²) in [5, 5.41) is 11.8. The number of rotatable bonds is 3. The highest BCUT2D eigenvalue weighted by molar-refractivity contribution is 7.80. The van der Waals surface area contributed by atoms with Crippen LogP contribution in [-0.2, 0) is 0 Å². The summed E-state index contributed by atoms with van der Waals surface area (Å²) in [5.41, 5.74) is 7.29. The van der Waals surface area contributed by atoms with Crippen molar-refractivity contribution in [3.63, 3.8) is 0 Å². The summed E-state index contributed by atoms with van der Waals surface area (Å²) in [7, 11) is 0. The van der Waals surface area contributed by atoms with Gasteiger partial charge in [0.05, 0.1) is 5.56 Å². The number of nitrogens with one attached hydrogen (secondary N) is 1. The highest BCUT2D eigenvalue weighted by Crippen LogP contribution is 2.20. The van der Waals surface area contributed by atoms with E-state index in [0.717, 1.165) is 11.6 Å². The number of hydrogen-bond acceptors (Lipinski definition) is 3. The van der Waals surface area contributed by atoms with Gasteiger partial charge in [-0.05, 0) is 30.7 Å². The molecule has 0 unspecified atom stereocenters. The molecular formula is C15H13FN2O2S. The lowest BCUT2D eigenvalue weighted by Crippen LogP contribution is -2.16. The van der Waals surface area contributed by atoms with Crippen molar-refractivity contribution in [3.05, 3.63) is 58.9 Å². The average molecular weight is 304 g/mol. The van der Waals surface area contributed by atoms with Crippen LogP contribution in [0.4, 0.5) is 10.1 Å². The second-order valence-electron chi connectivity index (χ2n) is 4.51. The number of anilines is 1. The van der Waals surface area contributed by atoms with Crippen LogP contribution in [0, 0.1) is 12.7 Å². The number of thiocarbonyl (C=S) groups is 1. The minimum atomic E-state index is -0.796. The molecule has 6 heteroatoms. The van der Waals surface area contributed by atoms with Crippen LogP contribution in [0.5, 0.6) is 5.75 Å². The maximum absolute atomic E-state index is 13.7. The number of amides is 1. The predicted octanol–water partition coefficient (Wildman–Crippen LogP) is 2.73. The van der Waals surface area contributed by atoms with Crippen molar-refractivity contribution in [2.45, 2.75) is 6.92 Å². The maximum atomic E-state index is 13.7. The van der Waals surface area contributed by atoms with Gasteiger partial charge in [0.2, 0.25) is 0 Å². The van der Waals surface area contributed by atoms with E-state index >= 15 is 0 Å². The lowest BCUT2D eigenvalue weighted by atomic mass is 10.1. The number of hydrogen-bond donors (Lipinski definition) is 3. The van der Waals surface area contributed by atoms with Crippen LogP contribution in [-0.4, -0.2) is 16.0 Å². The van der Waals surface area contributed by atoms with E-state index in [1.54, 1.807) is 25.1 Å². The number of halogens is 1. The molecule has 108 valence electrons. The summed E-state index contributed by atoms with van der Waals surface area (Å²) in [6.07, 6.45) is 0. The minimum absolute atomic E-state index is 0.159. The van der Waals surface area contributed by atoms with Crippen molar-refractivity contribution in [1.29, 1.82) is 0 Å². The first-order valence-corrected chi connectivity index (χ1v) is 6.49. The second-order valence-corrected chi connectivity index (χ2v) is 4.95. The lowest BCUT2D eigenvalue weighted by molar-refractivity contribution is 0.102. The molecule has 0 saturated carbocycles. The van der Waals surface area contributed by atoms with Crippen LogP contribution in [0.2, 0.25) is 0 Å². The number of aryl methyl sites for hydroxylation is 1. The molecule has 2 aromatic rings. The topological polar surface area (TPSA) is 75.3 Å². The van der Waals surface area contributed by atoms with Crippen molar-refractivity contribution < 1.29 is 14.3 Å². The van der Waals surface area contributed by atoms with Gasteiger partial charge < -0.3 is 16.2 Å². The van der Waals surface area contributed by atoms with Crippen LogP contribution in [0.3, 0.4) is 0 Å². The van der Waals surface area contributed by atoms with Gasteiger partial charge in [0.25, 0.3) is 5.91 Å². The van der Waals surface area contributed by atoms with Gasteiger partial charge in [-0.1, -0.05) is 24.4 Å². The van der Waals surface area contributed by atoms with Gasteiger partial charge in [0.15, 0.2) is 0 Å². The fraction of sp³-hybridized carbons (Fsp3) is 0.0667. The molecule has 0 radical (unpaired) electrons. The van der Waals surface area contributed by atoms with E-state index in [-0.39, 0.29) is 16.3 Å². The third-order valence-corrected chi connectivity index (χ3v) is 3.20. The molecule has 2 rings (SSSR count). The molecule has 4 N–H and O–H groups in total. The first-order valence-electron chi connectivity index (χ1n) is 6.09. The molecule has 0 aromatic heterocycles. The van der Waals surface area contributed by atoms with Crippen molar-refractivity contribution in [1.82, 2.24) is 0 Å². The molecule has 0 spiro atoms. The first-order chi connectivity index (χ1) is 9.88. The highest BCUT2D eigenvalue weighted by atomic mass is 32.1. The molecule has 0 atom stereocenters. The van der Waals surface area contributed by atoms with Gasteiger partial charge >= 0.3 is 0 Å². The van der Waals surface area contributed by atoms with Crippen molar-refractivity contribution in [2.75, 3.05) is 5.32 Å². The van der Waals surface area contributed by atoms with Gasteiger partial charge in [-0.15, -0.1) is 0 Å². The molecule has 0 heterocycles. The molecule has 2 aromatic carbocycles. The second kappa shape index (κ2) is 5.88. The standard InChI is InChI=1S/C15H13FN2O2S/c1-8-2-3-9(14(17)21)6-13(8)18-15(20)11-5-4-10(19)7-12(11)16/h2-7,19H,1H3,(H2,17,21)(H,18,20). The number of aromatic hydroxyl groups is 1. The molecule has 0 aliphatic heterocycles. The quantitative estimate of drug-likeness (QED) is 0.762. The Kier molecular flexibility index (Phi) is 4.18. The Bertz CT molecular complexity index is 732. The molecular weight excluding hydrogens is 291 g/mol. The number of benzene rings is 2. The fourth-order valence-corrected chi connectivity index (χ4v) is 1.91.